The van der Waals surface area contributed by atoms with Gasteiger partial charge in [-0.05, 0) is 0 Å². The number of halogens is 1. The largest absolute Gasteiger partial charge is 0.379 e. The summed E-state index contributed by atoms with van der Waals surface area (Å²) in [5, 5.41) is 2.30. The third kappa shape index (κ3) is 1.39. The summed E-state index contributed by atoms with van der Waals surface area (Å²) in [6.07, 6.45) is 0. The van der Waals surface area contributed by atoms with Crippen molar-refractivity contribution in [2.24, 2.45) is 10.7 Å². The van der Waals surface area contributed by atoms with Crippen molar-refractivity contribution in [2.75, 3.05) is 11.9 Å². The maximum Gasteiger partial charge on any atom is 0.154 e. The van der Waals surface area contributed by atoms with Crippen LogP contribution in [0, 0.1) is 0 Å². The second-order valence-electron chi connectivity index (χ2n) is 1.57. The van der Waals surface area contributed by atoms with E-state index in [0.29, 0.717) is 5.25 Å². The molecule has 1 aliphatic heterocycles. The van der Waals surface area contributed by atoms with Crippen molar-refractivity contribution in [1.82, 2.24) is 0 Å². The van der Waals surface area contributed by atoms with Crippen LogP contribution in [0.2, 0.25) is 0 Å². The predicted octanol–water partition coefficient (Wildman–Crippen LogP) is 0.811. The first-order valence-electron chi connectivity index (χ1n) is 2.35. The van der Waals surface area contributed by atoms with Gasteiger partial charge in [-0.3, -0.25) is 4.99 Å². The zero-order valence-electron chi connectivity index (χ0n) is 4.30. The molecule has 0 aromatic carbocycles. The van der Waals surface area contributed by atoms with Gasteiger partial charge in [-0.15, -0.1) is 0 Å². The molecule has 46 valence electrons. The van der Waals surface area contributed by atoms with Gasteiger partial charge in [-0.2, -0.15) is 0 Å². The summed E-state index contributed by atoms with van der Waals surface area (Å²) in [6, 6.07) is 0. The number of hydrogen-bond donors (Lipinski definition) is 1. The molecule has 2 nitrogen and oxygen atoms in total. The maximum atomic E-state index is 5.39. The molecular formula is C4H7BrN2S. The molecule has 1 atom stereocenters. The van der Waals surface area contributed by atoms with E-state index >= 15 is 0 Å². The number of thioether (sulfide) groups is 1. The van der Waals surface area contributed by atoms with Gasteiger partial charge in [0.2, 0.25) is 0 Å². The van der Waals surface area contributed by atoms with Crippen LogP contribution in [0.5, 0.6) is 0 Å². The minimum absolute atomic E-state index is 0.579. The Kier molecular flexibility index (Phi) is 2.19. The van der Waals surface area contributed by atoms with Crippen LogP contribution in [0.25, 0.3) is 0 Å². The van der Waals surface area contributed by atoms with Gasteiger partial charge in [0, 0.05) is 10.6 Å². The van der Waals surface area contributed by atoms with Gasteiger partial charge < -0.3 is 5.73 Å². The van der Waals surface area contributed by atoms with Gasteiger partial charge >= 0.3 is 0 Å². The number of nitrogens with two attached hydrogens (primary N) is 1. The maximum absolute atomic E-state index is 5.39. The van der Waals surface area contributed by atoms with Crippen molar-refractivity contribution in [1.29, 1.82) is 0 Å². The van der Waals surface area contributed by atoms with E-state index in [1.165, 1.54) is 0 Å². The van der Waals surface area contributed by atoms with Crippen LogP contribution in [0.4, 0.5) is 0 Å². The van der Waals surface area contributed by atoms with Crippen LogP contribution in [0.3, 0.4) is 0 Å². The Balaban J connectivity index is 2.32. The fraction of sp³-hybridized carbons (Fsp3) is 0.750. The lowest BCUT2D eigenvalue weighted by molar-refractivity contribution is 0.992. The van der Waals surface area contributed by atoms with Gasteiger partial charge in [0.25, 0.3) is 0 Å². The first kappa shape index (κ1) is 6.42. The predicted molar refractivity (Wildman–Crippen MR) is 41.7 cm³/mol. The van der Waals surface area contributed by atoms with Crippen molar-refractivity contribution < 1.29 is 0 Å². The Hall–Kier alpha value is 0.300. The molecule has 0 saturated carbocycles. The molecule has 4 heteroatoms. The van der Waals surface area contributed by atoms with E-state index in [9.17, 15) is 0 Å². The standard InChI is InChI=1S/C4H7BrN2S/c5-1-3-2-7-4(6)8-3/h3H,1-2H2,(H2,6,7)/t3-/m0/s1. The Bertz CT molecular complexity index is 115. The molecule has 0 radical (unpaired) electrons. The highest BCUT2D eigenvalue weighted by molar-refractivity contribution is 9.09. The molecule has 8 heavy (non-hydrogen) atoms. The molecule has 1 aliphatic rings. The Morgan fingerprint density at radius 3 is 3.00 bits per heavy atom. The smallest absolute Gasteiger partial charge is 0.154 e. The summed E-state index contributed by atoms with van der Waals surface area (Å²) in [5.74, 6) is 0. The zero-order chi connectivity index (χ0) is 5.98. The molecule has 2 N–H and O–H groups in total. The second-order valence-corrected chi connectivity index (χ2v) is 3.54. The topological polar surface area (TPSA) is 38.4 Å². The van der Waals surface area contributed by atoms with E-state index in [1.54, 1.807) is 11.8 Å². The highest BCUT2D eigenvalue weighted by Gasteiger charge is 2.14. The third-order valence-corrected chi connectivity index (χ3v) is 3.14. The molecule has 0 amide bonds. The average Bonchev–Trinajstić information content (AvgIpc) is 2.14. The van der Waals surface area contributed by atoms with E-state index in [2.05, 4.69) is 20.9 Å². The SMILES string of the molecule is NC1=NC[C@H](CBr)S1. The summed E-state index contributed by atoms with van der Waals surface area (Å²) in [7, 11) is 0. The number of hydrogen-bond acceptors (Lipinski definition) is 3. The molecule has 1 heterocycles. The van der Waals surface area contributed by atoms with Crippen LogP contribution in [0.15, 0.2) is 4.99 Å². The lowest BCUT2D eigenvalue weighted by Gasteiger charge is -1.97. The molecule has 0 fully saturated rings. The van der Waals surface area contributed by atoms with Crippen molar-refractivity contribution in [3.05, 3.63) is 0 Å². The molecule has 0 saturated heterocycles. The Morgan fingerprint density at radius 1 is 2.00 bits per heavy atom. The summed E-state index contributed by atoms with van der Waals surface area (Å²) >= 11 is 5.00. The van der Waals surface area contributed by atoms with E-state index in [0.717, 1.165) is 17.0 Å². The van der Waals surface area contributed by atoms with Crippen molar-refractivity contribution in [3.8, 4) is 0 Å². The van der Waals surface area contributed by atoms with E-state index < -0.39 is 0 Å². The number of amidine groups is 1. The van der Waals surface area contributed by atoms with Gasteiger partial charge in [-0.1, -0.05) is 27.7 Å². The third-order valence-electron chi connectivity index (χ3n) is 0.910. The van der Waals surface area contributed by atoms with Gasteiger partial charge in [0.1, 0.15) is 0 Å². The normalized spacial score (nSPS) is 28.1. The van der Waals surface area contributed by atoms with Crippen LogP contribution in [-0.2, 0) is 0 Å². The molecule has 0 unspecified atom stereocenters. The van der Waals surface area contributed by atoms with Crippen molar-refractivity contribution in [2.45, 2.75) is 5.25 Å². The fourth-order valence-electron chi connectivity index (χ4n) is 0.517. The number of aliphatic imine (C=N–C) groups is 1. The van der Waals surface area contributed by atoms with E-state index in [-0.39, 0.29) is 0 Å². The van der Waals surface area contributed by atoms with E-state index in [1.807, 2.05) is 0 Å². The minimum atomic E-state index is 0.579. The highest BCUT2D eigenvalue weighted by Crippen LogP contribution is 2.19. The molecular weight excluding hydrogens is 188 g/mol. The van der Waals surface area contributed by atoms with Crippen molar-refractivity contribution >= 4 is 32.9 Å². The van der Waals surface area contributed by atoms with E-state index in [4.69, 9.17) is 5.73 Å². The zero-order valence-corrected chi connectivity index (χ0v) is 6.70. The van der Waals surface area contributed by atoms with Crippen LogP contribution < -0.4 is 5.73 Å². The highest BCUT2D eigenvalue weighted by atomic mass is 79.9. The minimum Gasteiger partial charge on any atom is -0.379 e. The van der Waals surface area contributed by atoms with Gasteiger partial charge in [0.05, 0.1) is 6.54 Å². The lowest BCUT2D eigenvalue weighted by atomic mass is 10.5. The fourth-order valence-corrected chi connectivity index (χ4v) is 1.82. The van der Waals surface area contributed by atoms with Gasteiger partial charge in [0.15, 0.2) is 5.17 Å². The quantitative estimate of drug-likeness (QED) is 0.629. The number of alkyl halides is 1. The molecule has 0 spiro atoms. The van der Waals surface area contributed by atoms with Crippen LogP contribution in [-0.4, -0.2) is 22.3 Å². The number of rotatable bonds is 1. The monoisotopic (exact) mass is 194 g/mol. The summed E-state index contributed by atoms with van der Waals surface area (Å²) < 4.78 is 0. The number of nitrogens with zero attached hydrogens (tertiary/aromatic N) is 1. The summed E-state index contributed by atoms with van der Waals surface area (Å²) in [5.41, 5.74) is 5.39. The Labute approximate surface area is 61.1 Å². The molecule has 0 aromatic heterocycles. The molecule has 0 aromatic rings. The van der Waals surface area contributed by atoms with Crippen LogP contribution in [0.1, 0.15) is 0 Å². The molecule has 1 rings (SSSR count). The lowest BCUT2D eigenvalue weighted by Crippen LogP contribution is -2.06. The second kappa shape index (κ2) is 2.73. The van der Waals surface area contributed by atoms with Crippen LogP contribution >= 0.6 is 27.7 Å². The molecule has 0 bridgehead atoms. The first-order chi connectivity index (χ1) is 3.83. The Morgan fingerprint density at radius 2 is 2.75 bits per heavy atom. The average molecular weight is 195 g/mol. The molecule has 0 aliphatic carbocycles. The first-order valence-corrected chi connectivity index (χ1v) is 4.35. The summed E-state index contributed by atoms with van der Waals surface area (Å²) in [4.78, 5) is 4.02. The van der Waals surface area contributed by atoms with Crippen molar-refractivity contribution in [3.63, 3.8) is 0 Å². The summed E-state index contributed by atoms with van der Waals surface area (Å²) in [6.45, 7) is 0.877. The van der Waals surface area contributed by atoms with Gasteiger partial charge in [-0.25, -0.2) is 0 Å².